The summed E-state index contributed by atoms with van der Waals surface area (Å²) in [5.74, 6) is -1.07. The maximum atomic E-state index is 12.9. The number of sulfonamides is 1. The van der Waals surface area contributed by atoms with Crippen LogP contribution in [0.4, 0.5) is 5.69 Å². The fourth-order valence-electron chi connectivity index (χ4n) is 2.51. The van der Waals surface area contributed by atoms with Gasteiger partial charge in [0.15, 0.2) is 6.61 Å². The van der Waals surface area contributed by atoms with Gasteiger partial charge in [-0.15, -0.1) is 0 Å². The Hall–Kier alpha value is -2.87. The van der Waals surface area contributed by atoms with Crippen LogP contribution >= 0.6 is 0 Å². The maximum absolute atomic E-state index is 12.9. The number of rotatable bonds is 9. The SMILES string of the molecule is CCCNC(=O)COC(=O)c1ccc(S(=O)(=O)N(CC)c2ccccc2)cc1. The number of hydrogen-bond donors (Lipinski definition) is 1. The first kappa shape index (κ1) is 21.4. The van der Waals surface area contributed by atoms with E-state index in [1.54, 1.807) is 31.2 Å². The number of amides is 1. The molecular weight excluding hydrogens is 380 g/mol. The molecule has 2 rings (SSSR count). The number of nitrogens with one attached hydrogen (secondary N) is 1. The maximum Gasteiger partial charge on any atom is 0.338 e. The van der Waals surface area contributed by atoms with E-state index >= 15 is 0 Å². The van der Waals surface area contributed by atoms with Crippen molar-refractivity contribution < 1.29 is 22.7 Å². The molecule has 0 bridgehead atoms. The quantitative estimate of drug-likeness (QED) is 0.649. The van der Waals surface area contributed by atoms with Crippen LogP contribution in [0.25, 0.3) is 0 Å². The number of anilines is 1. The van der Waals surface area contributed by atoms with Gasteiger partial charge in [-0.2, -0.15) is 0 Å². The molecule has 0 aliphatic carbocycles. The number of esters is 1. The number of hydrogen-bond acceptors (Lipinski definition) is 5. The van der Waals surface area contributed by atoms with Gasteiger partial charge in [0, 0.05) is 13.1 Å². The Bertz CT molecular complexity index is 896. The monoisotopic (exact) mass is 404 g/mol. The van der Waals surface area contributed by atoms with Gasteiger partial charge in [0.25, 0.3) is 15.9 Å². The summed E-state index contributed by atoms with van der Waals surface area (Å²) in [4.78, 5) is 23.6. The smallest absolute Gasteiger partial charge is 0.338 e. The highest BCUT2D eigenvalue weighted by Crippen LogP contribution is 2.23. The lowest BCUT2D eigenvalue weighted by atomic mass is 10.2. The third-order valence-electron chi connectivity index (χ3n) is 3.92. The molecule has 2 aromatic carbocycles. The van der Waals surface area contributed by atoms with E-state index in [1.165, 1.54) is 28.6 Å². The molecular formula is C20H24N2O5S. The Morgan fingerprint density at radius 2 is 1.64 bits per heavy atom. The lowest BCUT2D eigenvalue weighted by Gasteiger charge is -2.22. The summed E-state index contributed by atoms with van der Waals surface area (Å²) in [6.45, 7) is 4.07. The molecule has 1 amide bonds. The van der Waals surface area contributed by atoms with E-state index in [1.807, 2.05) is 13.0 Å². The summed E-state index contributed by atoms with van der Waals surface area (Å²) in [5.41, 5.74) is 0.733. The molecule has 2 aromatic rings. The molecule has 0 saturated heterocycles. The minimum Gasteiger partial charge on any atom is -0.452 e. The molecule has 0 saturated carbocycles. The first-order valence-electron chi connectivity index (χ1n) is 9.01. The van der Waals surface area contributed by atoms with Crippen LogP contribution in [0.3, 0.4) is 0 Å². The van der Waals surface area contributed by atoms with Crippen molar-refractivity contribution in [1.82, 2.24) is 5.32 Å². The molecule has 8 heteroatoms. The van der Waals surface area contributed by atoms with Gasteiger partial charge in [-0.3, -0.25) is 9.10 Å². The van der Waals surface area contributed by atoms with Crippen LogP contribution in [0.2, 0.25) is 0 Å². The number of carbonyl (C=O) groups is 2. The van der Waals surface area contributed by atoms with Crippen LogP contribution < -0.4 is 9.62 Å². The summed E-state index contributed by atoms with van der Waals surface area (Å²) >= 11 is 0. The van der Waals surface area contributed by atoms with Gasteiger partial charge < -0.3 is 10.1 Å². The van der Waals surface area contributed by atoms with E-state index in [0.717, 1.165) is 6.42 Å². The van der Waals surface area contributed by atoms with Crippen LogP contribution in [0.1, 0.15) is 30.6 Å². The third-order valence-corrected chi connectivity index (χ3v) is 5.83. The van der Waals surface area contributed by atoms with E-state index < -0.39 is 16.0 Å². The molecule has 0 unspecified atom stereocenters. The molecule has 1 N–H and O–H groups in total. The largest absolute Gasteiger partial charge is 0.452 e. The van der Waals surface area contributed by atoms with E-state index in [9.17, 15) is 18.0 Å². The number of ether oxygens (including phenoxy) is 1. The summed E-state index contributed by atoms with van der Waals surface area (Å²) in [5, 5.41) is 2.60. The zero-order chi connectivity index (χ0) is 20.6. The van der Waals surface area contributed by atoms with Gasteiger partial charge in [-0.1, -0.05) is 25.1 Å². The molecule has 0 aliphatic rings. The molecule has 0 aromatic heterocycles. The summed E-state index contributed by atoms with van der Waals surface area (Å²) in [6.07, 6.45) is 0.785. The van der Waals surface area contributed by atoms with Gasteiger partial charge in [0.1, 0.15) is 0 Å². The van der Waals surface area contributed by atoms with E-state index in [2.05, 4.69) is 5.32 Å². The van der Waals surface area contributed by atoms with E-state index in [4.69, 9.17) is 4.74 Å². The van der Waals surface area contributed by atoms with Crippen molar-refractivity contribution in [2.45, 2.75) is 25.2 Å². The van der Waals surface area contributed by atoms with Crippen molar-refractivity contribution >= 4 is 27.6 Å². The highest BCUT2D eigenvalue weighted by Gasteiger charge is 2.23. The van der Waals surface area contributed by atoms with Gasteiger partial charge in [-0.05, 0) is 49.7 Å². The van der Waals surface area contributed by atoms with Crippen molar-refractivity contribution in [2.75, 3.05) is 24.0 Å². The molecule has 28 heavy (non-hydrogen) atoms. The second kappa shape index (κ2) is 9.89. The van der Waals surface area contributed by atoms with Gasteiger partial charge in [0.2, 0.25) is 0 Å². The fourth-order valence-corrected chi connectivity index (χ4v) is 3.98. The molecule has 0 radical (unpaired) electrons. The molecule has 0 heterocycles. The van der Waals surface area contributed by atoms with Crippen molar-refractivity contribution in [1.29, 1.82) is 0 Å². The standard InChI is InChI=1S/C20H24N2O5S/c1-3-14-21-19(23)15-27-20(24)16-10-12-18(13-11-16)28(25,26)22(4-2)17-8-6-5-7-9-17/h5-13H,3-4,14-15H2,1-2H3,(H,21,23). The summed E-state index contributed by atoms with van der Waals surface area (Å²) in [6, 6.07) is 14.2. The lowest BCUT2D eigenvalue weighted by Crippen LogP contribution is -2.30. The van der Waals surface area contributed by atoms with Crippen LogP contribution in [0, 0.1) is 0 Å². The van der Waals surface area contributed by atoms with Gasteiger partial charge in [0.05, 0.1) is 16.1 Å². The molecule has 0 atom stereocenters. The fraction of sp³-hybridized carbons (Fsp3) is 0.300. The normalized spacial score (nSPS) is 10.9. The first-order valence-corrected chi connectivity index (χ1v) is 10.5. The van der Waals surface area contributed by atoms with Gasteiger partial charge >= 0.3 is 5.97 Å². The average molecular weight is 404 g/mol. The highest BCUT2D eigenvalue weighted by atomic mass is 32.2. The minimum absolute atomic E-state index is 0.0652. The van der Waals surface area contributed by atoms with Crippen LogP contribution in [-0.2, 0) is 19.6 Å². The van der Waals surface area contributed by atoms with Crippen molar-refractivity contribution in [3.05, 3.63) is 60.2 Å². The minimum atomic E-state index is -3.77. The van der Waals surface area contributed by atoms with Gasteiger partial charge in [-0.25, -0.2) is 13.2 Å². The number of nitrogens with zero attached hydrogens (tertiary/aromatic N) is 1. The molecule has 0 fully saturated rings. The van der Waals surface area contributed by atoms with Crippen LogP contribution in [0.5, 0.6) is 0 Å². The van der Waals surface area contributed by atoms with Crippen molar-refractivity contribution in [2.24, 2.45) is 0 Å². The molecule has 7 nitrogen and oxygen atoms in total. The molecule has 150 valence electrons. The Balaban J connectivity index is 2.10. The second-order valence-corrected chi connectivity index (χ2v) is 7.82. The summed E-state index contributed by atoms with van der Waals surface area (Å²) in [7, 11) is -3.77. The third kappa shape index (κ3) is 5.32. The number of carbonyl (C=O) groups excluding carboxylic acids is 2. The van der Waals surface area contributed by atoms with Crippen molar-refractivity contribution in [3.63, 3.8) is 0 Å². The zero-order valence-electron chi connectivity index (χ0n) is 15.9. The first-order chi connectivity index (χ1) is 13.4. The number of para-hydroxylation sites is 1. The second-order valence-electron chi connectivity index (χ2n) is 5.96. The van der Waals surface area contributed by atoms with E-state index in [0.29, 0.717) is 12.2 Å². The predicted molar refractivity (Wildman–Crippen MR) is 107 cm³/mol. The summed E-state index contributed by atoms with van der Waals surface area (Å²) < 4.78 is 32.1. The number of benzene rings is 2. The van der Waals surface area contributed by atoms with Crippen LogP contribution in [0.15, 0.2) is 59.5 Å². The predicted octanol–water partition coefficient (Wildman–Crippen LogP) is 2.58. The molecule has 0 spiro atoms. The van der Waals surface area contributed by atoms with Crippen molar-refractivity contribution in [3.8, 4) is 0 Å². The van der Waals surface area contributed by atoms with Crippen LogP contribution in [-0.4, -0.2) is 40.0 Å². The topological polar surface area (TPSA) is 92.8 Å². The Morgan fingerprint density at radius 1 is 1.00 bits per heavy atom. The lowest BCUT2D eigenvalue weighted by molar-refractivity contribution is -0.124. The molecule has 0 aliphatic heterocycles. The van der Waals surface area contributed by atoms with E-state index in [-0.39, 0.29) is 29.5 Å². The highest BCUT2D eigenvalue weighted by molar-refractivity contribution is 7.92. The Kier molecular flexibility index (Phi) is 7.57. The Morgan fingerprint density at radius 3 is 2.21 bits per heavy atom. The Labute approximate surface area is 165 Å². The average Bonchev–Trinajstić information content (AvgIpc) is 2.71. The zero-order valence-corrected chi connectivity index (χ0v) is 16.7.